The highest BCUT2D eigenvalue weighted by atomic mass is 15.3. The van der Waals surface area contributed by atoms with Gasteiger partial charge in [0.1, 0.15) is 0 Å². The smallest absolute Gasteiger partial charge is 0.0839 e. The molecular formula is C15H19N3. The summed E-state index contributed by atoms with van der Waals surface area (Å²) < 4.78 is 1.85. The third-order valence-corrected chi connectivity index (χ3v) is 3.77. The molecule has 94 valence electrons. The van der Waals surface area contributed by atoms with Crippen molar-refractivity contribution in [2.24, 2.45) is 7.05 Å². The van der Waals surface area contributed by atoms with Crippen LogP contribution in [0.5, 0.6) is 0 Å². The van der Waals surface area contributed by atoms with Crippen molar-refractivity contribution in [3.63, 3.8) is 0 Å². The van der Waals surface area contributed by atoms with Crippen LogP contribution in [0.4, 0.5) is 0 Å². The third kappa shape index (κ3) is 1.95. The van der Waals surface area contributed by atoms with Gasteiger partial charge in [-0.2, -0.15) is 5.10 Å². The molecule has 0 bridgehead atoms. The van der Waals surface area contributed by atoms with E-state index in [1.165, 1.54) is 36.0 Å². The number of fused-ring (bicyclic) bond motifs is 1. The van der Waals surface area contributed by atoms with Gasteiger partial charge in [-0.15, -0.1) is 0 Å². The summed E-state index contributed by atoms with van der Waals surface area (Å²) in [5, 5.41) is 7.87. The summed E-state index contributed by atoms with van der Waals surface area (Å²) in [6, 6.07) is 9.13. The first-order chi connectivity index (χ1) is 8.78. The predicted octanol–water partition coefficient (Wildman–Crippen LogP) is 2.22. The minimum atomic E-state index is 0.192. The summed E-state index contributed by atoms with van der Waals surface area (Å²) in [6.45, 7) is 0. The van der Waals surface area contributed by atoms with E-state index in [1.54, 1.807) is 0 Å². The van der Waals surface area contributed by atoms with Gasteiger partial charge in [-0.3, -0.25) is 4.68 Å². The van der Waals surface area contributed by atoms with Crippen molar-refractivity contribution in [2.75, 3.05) is 7.05 Å². The van der Waals surface area contributed by atoms with E-state index in [2.05, 4.69) is 34.7 Å². The maximum absolute atomic E-state index is 4.51. The van der Waals surface area contributed by atoms with E-state index in [9.17, 15) is 0 Å². The summed E-state index contributed by atoms with van der Waals surface area (Å²) in [6.07, 6.45) is 5.75. The van der Waals surface area contributed by atoms with Crippen LogP contribution in [0.2, 0.25) is 0 Å². The fraction of sp³-hybridized carbons (Fsp3) is 0.400. The van der Waals surface area contributed by atoms with Gasteiger partial charge >= 0.3 is 0 Å². The maximum Gasteiger partial charge on any atom is 0.0839 e. The lowest BCUT2D eigenvalue weighted by molar-refractivity contribution is 0.641. The minimum absolute atomic E-state index is 0.192. The molecule has 1 atom stereocenters. The molecular weight excluding hydrogens is 222 g/mol. The van der Waals surface area contributed by atoms with Gasteiger partial charge in [0.05, 0.1) is 11.7 Å². The van der Waals surface area contributed by atoms with Crippen molar-refractivity contribution in [3.8, 4) is 0 Å². The number of aromatic nitrogens is 2. The van der Waals surface area contributed by atoms with Crippen LogP contribution in [0.25, 0.3) is 0 Å². The Morgan fingerprint density at radius 1 is 1.22 bits per heavy atom. The largest absolute Gasteiger partial charge is 0.308 e. The van der Waals surface area contributed by atoms with Gasteiger partial charge in [0, 0.05) is 13.2 Å². The summed E-state index contributed by atoms with van der Waals surface area (Å²) in [5.41, 5.74) is 5.44. The number of nitrogens with zero attached hydrogens (tertiary/aromatic N) is 2. The Labute approximate surface area is 108 Å². The molecule has 0 amide bonds. The fourth-order valence-electron chi connectivity index (χ4n) is 2.84. The molecule has 0 saturated heterocycles. The summed E-state index contributed by atoms with van der Waals surface area (Å²) >= 11 is 0. The minimum Gasteiger partial charge on any atom is -0.308 e. The molecule has 1 unspecified atom stereocenters. The number of aryl methyl sites for hydroxylation is 3. The molecule has 0 radical (unpaired) electrons. The van der Waals surface area contributed by atoms with Gasteiger partial charge in [0.15, 0.2) is 0 Å². The lowest BCUT2D eigenvalue weighted by Crippen LogP contribution is -2.18. The number of benzene rings is 1. The Balaban J connectivity index is 1.96. The van der Waals surface area contributed by atoms with Crippen molar-refractivity contribution in [2.45, 2.75) is 25.3 Å². The van der Waals surface area contributed by atoms with E-state index in [-0.39, 0.29) is 6.04 Å². The van der Waals surface area contributed by atoms with Crippen LogP contribution in [0.3, 0.4) is 0 Å². The number of nitrogens with one attached hydrogen (secondary N) is 1. The monoisotopic (exact) mass is 241 g/mol. The SMILES string of the molecule is CNC(c1ccc2c(c1)CCC2)c1ccn(C)n1. The topological polar surface area (TPSA) is 29.9 Å². The van der Waals surface area contributed by atoms with Gasteiger partial charge in [0.25, 0.3) is 0 Å². The van der Waals surface area contributed by atoms with Crippen molar-refractivity contribution < 1.29 is 0 Å². The molecule has 1 aliphatic carbocycles. The molecule has 0 saturated carbocycles. The molecule has 1 aromatic heterocycles. The second-order valence-corrected chi connectivity index (χ2v) is 5.02. The summed E-state index contributed by atoms with van der Waals surface area (Å²) in [7, 11) is 3.95. The average Bonchev–Trinajstić information content (AvgIpc) is 2.99. The third-order valence-electron chi connectivity index (χ3n) is 3.77. The highest BCUT2D eigenvalue weighted by Crippen LogP contribution is 2.27. The van der Waals surface area contributed by atoms with Crippen LogP contribution in [0.1, 0.15) is 34.8 Å². The Morgan fingerprint density at radius 3 is 2.78 bits per heavy atom. The van der Waals surface area contributed by atoms with Crippen LogP contribution in [0, 0.1) is 0 Å². The molecule has 0 spiro atoms. The molecule has 1 aromatic carbocycles. The van der Waals surface area contributed by atoms with E-state index in [4.69, 9.17) is 0 Å². The second-order valence-electron chi connectivity index (χ2n) is 5.02. The standard InChI is InChI=1S/C15H19N3/c1-16-15(14-8-9-18(2)17-14)13-7-6-11-4-3-5-12(11)10-13/h6-10,15-16H,3-5H2,1-2H3. The van der Waals surface area contributed by atoms with Crippen LogP contribution < -0.4 is 5.32 Å². The van der Waals surface area contributed by atoms with Crippen LogP contribution in [-0.4, -0.2) is 16.8 Å². The van der Waals surface area contributed by atoms with Gasteiger partial charge in [0.2, 0.25) is 0 Å². The van der Waals surface area contributed by atoms with E-state index >= 15 is 0 Å². The van der Waals surface area contributed by atoms with Gasteiger partial charge < -0.3 is 5.32 Å². The molecule has 3 heteroatoms. The van der Waals surface area contributed by atoms with Gasteiger partial charge in [-0.25, -0.2) is 0 Å². The Morgan fingerprint density at radius 2 is 2.06 bits per heavy atom. The van der Waals surface area contributed by atoms with Crippen LogP contribution >= 0.6 is 0 Å². The van der Waals surface area contributed by atoms with E-state index < -0.39 is 0 Å². The van der Waals surface area contributed by atoms with E-state index in [0.29, 0.717) is 0 Å². The van der Waals surface area contributed by atoms with Crippen molar-refractivity contribution in [1.29, 1.82) is 0 Å². The number of hydrogen-bond donors (Lipinski definition) is 1. The van der Waals surface area contributed by atoms with Gasteiger partial charge in [-0.05, 0) is 49.1 Å². The molecule has 1 heterocycles. The summed E-state index contributed by atoms with van der Waals surface area (Å²) in [4.78, 5) is 0. The zero-order valence-electron chi connectivity index (χ0n) is 11.0. The van der Waals surface area contributed by atoms with Crippen molar-refractivity contribution >= 4 is 0 Å². The first-order valence-electron chi connectivity index (χ1n) is 6.56. The van der Waals surface area contributed by atoms with Gasteiger partial charge in [-0.1, -0.05) is 18.2 Å². The number of rotatable bonds is 3. The van der Waals surface area contributed by atoms with Crippen LogP contribution in [-0.2, 0) is 19.9 Å². The fourth-order valence-corrected chi connectivity index (χ4v) is 2.84. The second kappa shape index (κ2) is 4.58. The predicted molar refractivity (Wildman–Crippen MR) is 72.6 cm³/mol. The molecule has 18 heavy (non-hydrogen) atoms. The highest BCUT2D eigenvalue weighted by Gasteiger charge is 2.17. The Kier molecular flexibility index (Phi) is 2.92. The molecule has 3 rings (SSSR count). The lowest BCUT2D eigenvalue weighted by Gasteiger charge is -2.15. The molecule has 2 aromatic rings. The molecule has 1 N–H and O–H groups in total. The van der Waals surface area contributed by atoms with Crippen LogP contribution in [0.15, 0.2) is 30.5 Å². The van der Waals surface area contributed by atoms with E-state index in [1.807, 2.05) is 25.0 Å². The number of hydrogen-bond acceptors (Lipinski definition) is 2. The first kappa shape index (κ1) is 11.5. The normalized spacial score (nSPS) is 15.7. The maximum atomic E-state index is 4.51. The van der Waals surface area contributed by atoms with Crippen molar-refractivity contribution in [1.82, 2.24) is 15.1 Å². The Hall–Kier alpha value is -1.61. The molecule has 3 nitrogen and oxygen atoms in total. The quantitative estimate of drug-likeness (QED) is 0.893. The zero-order valence-corrected chi connectivity index (χ0v) is 11.0. The zero-order chi connectivity index (χ0) is 12.5. The van der Waals surface area contributed by atoms with Crippen molar-refractivity contribution in [3.05, 3.63) is 52.8 Å². The highest BCUT2D eigenvalue weighted by molar-refractivity contribution is 5.38. The molecule has 0 fully saturated rings. The summed E-state index contributed by atoms with van der Waals surface area (Å²) in [5.74, 6) is 0. The molecule has 1 aliphatic rings. The first-order valence-corrected chi connectivity index (χ1v) is 6.56. The van der Waals surface area contributed by atoms with E-state index in [0.717, 1.165) is 5.69 Å². The lowest BCUT2D eigenvalue weighted by atomic mass is 9.99. The average molecular weight is 241 g/mol. The molecule has 0 aliphatic heterocycles. The Bertz CT molecular complexity index is 557.